The maximum atomic E-state index is 13.1. The molecule has 0 saturated carbocycles. The van der Waals surface area contributed by atoms with Crippen LogP contribution in [0.4, 0.5) is 14.7 Å². The molecule has 1 aliphatic heterocycles. The minimum absolute atomic E-state index is 0.0608. The molecule has 0 bridgehead atoms. The van der Waals surface area contributed by atoms with E-state index in [4.69, 9.17) is 23.8 Å². The Morgan fingerprint density at radius 1 is 1.02 bits per heavy atom. The van der Waals surface area contributed by atoms with Gasteiger partial charge in [0.25, 0.3) is 6.10 Å². The van der Waals surface area contributed by atoms with Crippen LogP contribution < -0.4 is 14.7 Å². The highest BCUT2D eigenvalue weighted by molar-refractivity contribution is 7.14. The molecule has 284 valence electrons. The van der Waals surface area contributed by atoms with Crippen molar-refractivity contribution in [3.63, 3.8) is 0 Å². The molecule has 0 unspecified atom stereocenters. The quantitative estimate of drug-likeness (QED) is 0.0885. The van der Waals surface area contributed by atoms with E-state index in [1.807, 2.05) is 22.6 Å². The molecule has 3 heterocycles. The molecule has 2 amide bonds. The molecule has 0 spiro atoms. The van der Waals surface area contributed by atoms with Crippen molar-refractivity contribution in [2.24, 2.45) is 12.2 Å². The van der Waals surface area contributed by atoms with Gasteiger partial charge in [-0.1, -0.05) is 5.16 Å². The van der Waals surface area contributed by atoms with E-state index in [-0.39, 0.29) is 23.9 Å². The first-order valence-corrected chi connectivity index (χ1v) is 17.3. The molecular formula is C34H47N6O11S+. The van der Waals surface area contributed by atoms with Crippen LogP contribution in [0.1, 0.15) is 74.0 Å². The zero-order valence-corrected chi connectivity index (χ0v) is 31.8. The van der Waals surface area contributed by atoms with Crippen LogP contribution >= 0.6 is 11.3 Å². The molecule has 3 atom stereocenters. The Hall–Kier alpha value is -4.97. The molecule has 1 fully saturated rings. The minimum Gasteiger partial charge on any atom is -0.489 e. The number of esters is 1. The molecule has 2 aromatic heterocycles. The molecule has 17 nitrogen and oxygen atoms in total. The number of hydrogen-bond donors (Lipinski definition) is 3. The highest BCUT2D eigenvalue weighted by Gasteiger charge is 2.40. The third-order valence-corrected chi connectivity index (χ3v) is 7.87. The average Bonchev–Trinajstić information content (AvgIpc) is 3.68. The van der Waals surface area contributed by atoms with Crippen molar-refractivity contribution in [3.05, 3.63) is 35.5 Å². The SMILES string of the molecule is C[n+]1c2ccc(OC[C@H](O/N=C(\C(=O)O)c3csc(NC(=O)OC(C)(C)C)n3)C(=O)OC(C)(C)C)cc2cn1[C@@H]1CN(C(=O)OC(C)(C)C)C[C@@H]1O. The molecule has 3 N–H and O–H groups in total. The monoisotopic (exact) mass is 747 g/mol. The number of fused-ring (bicyclic) bond motifs is 1. The maximum Gasteiger partial charge on any atom is 0.413 e. The van der Waals surface area contributed by atoms with Gasteiger partial charge in [-0.3, -0.25) is 5.32 Å². The standard InChI is InChI=1S/C34H46N6O11S/c1-32(2,3)48-28(44)25(51-37-26(27(42)43)21-18-52-29(35-21)36-30(45)49-33(4,5)6)17-47-20-11-12-22-19(13-20)14-40(38(22)10)23-15-39(16-24(23)41)31(46)50-34(7,8)9/h11-14,18,23-25,41H,15-17H2,1-10H3,(H-,35,36,42,43,45)/p+1/b37-26-/t23-,24+,25+/m1/s1. The van der Waals surface area contributed by atoms with Crippen LogP contribution in [0.2, 0.25) is 0 Å². The van der Waals surface area contributed by atoms with E-state index < -0.39 is 71.5 Å². The van der Waals surface area contributed by atoms with Gasteiger partial charge in [0.15, 0.2) is 12.2 Å². The van der Waals surface area contributed by atoms with Crippen molar-refractivity contribution in [2.45, 2.75) is 97.4 Å². The summed E-state index contributed by atoms with van der Waals surface area (Å²) in [5.41, 5.74) is -2.29. The lowest BCUT2D eigenvalue weighted by Crippen LogP contribution is -2.44. The smallest absolute Gasteiger partial charge is 0.413 e. The molecule has 1 aliphatic rings. The van der Waals surface area contributed by atoms with Crippen molar-refractivity contribution in [1.82, 2.24) is 14.6 Å². The number of carboxylic acids is 1. The largest absolute Gasteiger partial charge is 0.489 e. The van der Waals surface area contributed by atoms with E-state index in [1.54, 1.807) is 80.5 Å². The Morgan fingerprint density at radius 3 is 2.29 bits per heavy atom. The van der Waals surface area contributed by atoms with E-state index in [9.17, 15) is 29.4 Å². The number of anilines is 1. The van der Waals surface area contributed by atoms with E-state index >= 15 is 0 Å². The molecular weight excluding hydrogens is 700 g/mol. The summed E-state index contributed by atoms with van der Waals surface area (Å²) < 4.78 is 25.8. The summed E-state index contributed by atoms with van der Waals surface area (Å²) in [5, 5.41) is 29.1. The van der Waals surface area contributed by atoms with Crippen LogP contribution in [-0.4, -0.2) is 103 Å². The number of aliphatic hydroxyl groups is 1. The number of β-amino-alcohol motifs (C(OH)–C–C–N with tert-alkyl or cyclic N) is 1. The number of aliphatic hydroxyl groups excluding tert-OH is 1. The summed E-state index contributed by atoms with van der Waals surface area (Å²) in [4.78, 5) is 61.1. The minimum atomic E-state index is -1.50. The molecule has 4 rings (SSSR count). The molecule has 0 radical (unpaired) electrons. The predicted octanol–water partition coefficient (Wildman–Crippen LogP) is 4.02. The molecule has 18 heteroatoms. The van der Waals surface area contributed by atoms with Crippen LogP contribution in [-0.2, 0) is 35.7 Å². The molecule has 1 aromatic carbocycles. The van der Waals surface area contributed by atoms with Gasteiger partial charge in [0, 0.05) is 11.4 Å². The number of hydrogen-bond acceptors (Lipinski definition) is 13. The van der Waals surface area contributed by atoms with E-state index in [1.165, 1.54) is 10.3 Å². The fraction of sp³-hybridized carbons (Fsp3) is 0.559. The van der Waals surface area contributed by atoms with E-state index in [2.05, 4.69) is 15.5 Å². The number of thiazole rings is 1. The van der Waals surface area contributed by atoms with Gasteiger partial charge in [-0.2, -0.15) is 4.68 Å². The summed E-state index contributed by atoms with van der Waals surface area (Å²) in [6, 6.07) is 4.76. The van der Waals surface area contributed by atoms with Gasteiger partial charge in [-0.15, -0.1) is 16.0 Å². The van der Waals surface area contributed by atoms with Crippen LogP contribution in [0.15, 0.2) is 34.9 Å². The van der Waals surface area contributed by atoms with Crippen molar-refractivity contribution < 1.29 is 57.9 Å². The van der Waals surface area contributed by atoms with Crippen molar-refractivity contribution >= 4 is 57.2 Å². The lowest BCUT2D eigenvalue weighted by molar-refractivity contribution is -0.733. The number of aryl methyl sites for hydroxylation is 1. The second-order valence-electron chi connectivity index (χ2n) is 15.1. The zero-order chi connectivity index (χ0) is 38.8. The maximum absolute atomic E-state index is 13.1. The van der Waals surface area contributed by atoms with Crippen LogP contribution in [0.3, 0.4) is 0 Å². The number of benzene rings is 1. The van der Waals surface area contributed by atoms with Gasteiger partial charge in [0.2, 0.25) is 11.2 Å². The number of nitrogens with one attached hydrogen (secondary N) is 1. The lowest BCUT2D eigenvalue weighted by Gasteiger charge is -2.24. The van der Waals surface area contributed by atoms with Gasteiger partial charge in [-0.25, -0.2) is 24.2 Å². The number of aromatic nitrogens is 3. The van der Waals surface area contributed by atoms with Crippen LogP contribution in [0.25, 0.3) is 10.9 Å². The first-order valence-electron chi connectivity index (χ1n) is 16.5. The Bertz CT molecular complexity index is 1830. The number of carbonyl (C=O) groups excluding carboxylic acids is 3. The normalized spacial score (nSPS) is 17.4. The first-order chi connectivity index (χ1) is 24.0. The average molecular weight is 748 g/mol. The van der Waals surface area contributed by atoms with Crippen molar-refractivity contribution in [3.8, 4) is 5.75 Å². The highest BCUT2D eigenvalue weighted by atomic mass is 32.1. The highest BCUT2D eigenvalue weighted by Crippen LogP contribution is 2.27. The number of nitrogens with zero attached hydrogens (tertiary/aromatic N) is 5. The van der Waals surface area contributed by atoms with Gasteiger partial charge in [-0.05, 0) is 74.4 Å². The van der Waals surface area contributed by atoms with Crippen molar-refractivity contribution in [1.29, 1.82) is 0 Å². The van der Waals surface area contributed by atoms with Gasteiger partial charge in [0.1, 0.15) is 40.9 Å². The number of oxime groups is 1. The Morgan fingerprint density at radius 2 is 1.67 bits per heavy atom. The Balaban J connectivity index is 1.51. The predicted molar refractivity (Wildman–Crippen MR) is 188 cm³/mol. The number of rotatable bonds is 10. The van der Waals surface area contributed by atoms with Crippen molar-refractivity contribution in [2.75, 3.05) is 25.0 Å². The second kappa shape index (κ2) is 15.3. The molecule has 1 saturated heterocycles. The molecule has 3 aromatic rings. The Labute approximate surface area is 305 Å². The lowest BCUT2D eigenvalue weighted by atomic mass is 10.2. The summed E-state index contributed by atoms with van der Waals surface area (Å²) in [7, 11) is 1.83. The second-order valence-corrected chi connectivity index (χ2v) is 16.0. The third-order valence-electron chi connectivity index (χ3n) is 7.12. The fourth-order valence-electron chi connectivity index (χ4n) is 5.02. The van der Waals surface area contributed by atoms with E-state index in [0.29, 0.717) is 5.75 Å². The van der Waals surface area contributed by atoms with Gasteiger partial charge < -0.3 is 38.9 Å². The number of likely N-dealkylation sites (tertiary alicyclic amines) is 1. The molecule has 0 aliphatic carbocycles. The number of ether oxygens (including phenoxy) is 4. The topological polar surface area (TPSA) is 204 Å². The van der Waals surface area contributed by atoms with Crippen LogP contribution in [0.5, 0.6) is 5.75 Å². The zero-order valence-electron chi connectivity index (χ0n) is 31.0. The summed E-state index contributed by atoms with van der Waals surface area (Å²) in [6.07, 6.45) is -1.78. The summed E-state index contributed by atoms with van der Waals surface area (Å²) in [6.45, 7) is 15.4. The fourth-order valence-corrected chi connectivity index (χ4v) is 5.70. The number of aliphatic carboxylic acids is 1. The van der Waals surface area contributed by atoms with Gasteiger partial charge >= 0.3 is 24.1 Å². The Kier molecular flexibility index (Phi) is 11.7. The van der Waals surface area contributed by atoms with Gasteiger partial charge in [0.05, 0.1) is 30.8 Å². The first kappa shape index (κ1) is 39.8. The number of carboxylic acid groups (broad SMARTS) is 1. The van der Waals surface area contributed by atoms with Crippen LogP contribution in [0, 0.1) is 0 Å². The number of carbonyl (C=O) groups is 4. The third kappa shape index (κ3) is 10.8. The summed E-state index contributed by atoms with van der Waals surface area (Å²) in [5.74, 6) is -2.00. The molecule has 52 heavy (non-hydrogen) atoms. The number of amides is 2. The summed E-state index contributed by atoms with van der Waals surface area (Å²) >= 11 is 0.941. The van der Waals surface area contributed by atoms with E-state index in [0.717, 1.165) is 22.2 Å².